The third kappa shape index (κ3) is 6.49. The van der Waals surface area contributed by atoms with Gasteiger partial charge in [0.1, 0.15) is 0 Å². The van der Waals surface area contributed by atoms with Gasteiger partial charge in [0.05, 0.1) is 19.3 Å². The highest BCUT2D eigenvalue weighted by atomic mass is 16.5. The minimum absolute atomic E-state index is 0.235. The SMILES string of the molecule is CCNC(=NCC(C)CN1CCOCC1)NC(C)c1ccccc1. The molecule has 0 spiro atoms. The van der Waals surface area contributed by atoms with Crippen molar-refractivity contribution in [1.29, 1.82) is 0 Å². The Kier molecular flexibility index (Phi) is 8.05. The van der Waals surface area contributed by atoms with E-state index < -0.39 is 0 Å². The Balaban J connectivity index is 1.85. The zero-order valence-corrected chi connectivity index (χ0v) is 15.3. The lowest BCUT2D eigenvalue weighted by Crippen LogP contribution is -2.41. The van der Waals surface area contributed by atoms with Gasteiger partial charge >= 0.3 is 0 Å². The molecule has 0 aromatic heterocycles. The highest BCUT2D eigenvalue weighted by molar-refractivity contribution is 5.80. The van der Waals surface area contributed by atoms with Crippen molar-refractivity contribution in [2.75, 3.05) is 45.9 Å². The van der Waals surface area contributed by atoms with Crippen LogP contribution in [-0.2, 0) is 4.74 Å². The lowest BCUT2D eigenvalue weighted by Gasteiger charge is -2.28. The molecule has 2 atom stereocenters. The quantitative estimate of drug-likeness (QED) is 0.594. The molecule has 2 rings (SSSR count). The van der Waals surface area contributed by atoms with E-state index in [0.717, 1.165) is 51.9 Å². The van der Waals surface area contributed by atoms with Crippen molar-refractivity contribution in [2.45, 2.75) is 26.8 Å². The van der Waals surface area contributed by atoms with Crippen LogP contribution in [0.25, 0.3) is 0 Å². The monoisotopic (exact) mass is 332 g/mol. The zero-order valence-electron chi connectivity index (χ0n) is 15.3. The number of rotatable bonds is 7. The van der Waals surface area contributed by atoms with E-state index in [9.17, 15) is 0 Å². The number of ether oxygens (including phenoxy) is 1. The van der Waals surface area contributed by atoms with Gasteiger partial charge in [-0.3, -0.25) is 9.89 Å². The van der Waals surface area contributed by atoms with E-state index in [4.69, 9.17) is 9.73 Å². The maximum absolute atomic E-state index is 5.41. The third-order valence-corrected chi connectivity index (χ3v) is 4.23. The maximum Gasteiger partial charge on any atom is 0.191 e. The summed E-state index contributed by atoms with van der Waals surface area (Å²) in [4.78, 5) is 7.25. The second kappa shape index (κ2) is 10.3. The zero-order chi connectivity index (χ0) is 17.2. The molecule has 5 heteroatoms. The molecule has 0 saturated carbocycles. The van der Waals surface area contributed by atoms with E-state index >= 15 is 0 Å². The Morgan fingerprint density at radius 1 is 1.21 bits per heavy atom. The average Bonchev–Trinajstić information content (AvgIpc) is 2.61. The lowest BCUT2D eigenvalue weighted by atomic mass is 10.1. The Bertz CT molecular complexity index is 485. The van der Waals surface area contributed by atoms with Crippen molar-refractivity contribution in [3.05, 3.63) is 35.9 Å². The first kappa shape index (κ1) is 18.7. The maximum atomic E-state index is 5.41. The number of nitrogens with zero attached hydrogens (tertiary/aromatic N) is 2. The van der Waals surface area contributed by atoms with Crippen molar-refractivity contribution in [2.24, 2.45) is 10.9 Å². The number of guanidine groups is 1. The fourth-order valence-corrected chi connectivity index (χ4v) is 2.88. The van der Waals surface area contributed by atoms with Crippen molar-refractivity contribution in [3.63, 3.8) is 0 Å². The molecule has 2 N–H and O–H groups in total. The van der Waals surface area contributed by atoms with E-state index in [2.05, 4.69) is 60.6 Å². The molecule has 2 unspecified atom stereocenters. The fraction of sp³-hybridized carbons (Fsp3) is 0.632. The molecular formula is C19H32N4O. The van der Waals surface area contributed by atoms with Gasteiger partial charge in [0, 0.05) is 32.7 Å². The molecule has 5 nitrogen and oxygen atoms in total. The molecule has 1 aromatic carbocycles. The summed E-state index contributed by atoms with van der Waals surface area (Å²) in [6, 6.07) is 10.7. The van der Waals surface area contributed by atoms with E-state index in [1.807, 2.05) is 6.07 Å². The normalized spacial score (nSPS) is 18.9. The third-order valence-electron chi connectivity index (χ3n) is 4.23. The number of aliphatic imine (C=N–C) groups is 1. The Morgan fingerprint density at radius 3 is 2.58 bits per heavy atom. The molecule has 1 aromatic rings. The summed E-state index contributed by atoms with van der Waals surface area (Å²) in [5, 5.41) is 6.85. The molecular weight excluding hydrogens is 300 g/mol. The lowest BCUT2D eigenvalue weighted by molar-refractivity contribution is 0.0323. The number of morpholine rings is 1. The van der Waals surface area contributed by atoms with Gasteiger partial charge in [-0.15, -0.1) is 0 Å². The van der Waals surface area contributed by atoms with Gasteiger partial charge in [0.25, 0.3) is 0 Å². The van der Waals surface area contributed by atoms with Gasteiger partial charge in [-0.1, -0.05) is 37.3 Å². The number of hydrogen-bond acceptors (Lipinski definition) is 3. The minimum Gasteiger partial charge on any atom is -0.379 e. The minimum atomic E-state index is 0.235. The molecule has 0 aliphatic carbocycles. The van der Waals surface area contributed by atoms with Crippen molar-refractivity contribution in [1.82, 2.24) is 15.5 Å². The molecule has 1 heterocycles. The first-order valence-corrected chi connectivity index (χ1v) is 9.09. The van der Waals surface area contributed by atoms with Gasteiger partial charge < -0.3 is 15.4 Å². The summed E-state index contributed by atoms with van der Waals surface area (Å²) in [5.74, 6) is 1.42. The average molecular weight is 332 g/mol. The molecule has 0 radical (unpaired) electrons. The fourth-order valence-electron chi connectivity index (χ4n) is 2.88. The summed E-state index contributed by atoms with van der Waals surface area (Å²) in [7, 11) is 0. The summed E-state index contributed by atoms with van der Waals surface area (Å²) in [6.07, 6.45) is 0. The van der Waals surface area contributed by atoms with Crippen LogP contribution in [0, 0.1) is 5.92 Å². The Hall–Kier alpha value is -1.59. The Morgan fingerprint density at radius 2 is 1.92 bits per heavy atom. The second-order valence-corrected chi connectivity index (χ2v) is 6.51. The van der Waals surface area contributed by atoms with E-state index in [-0.39, 0.29) is 6.04 Å². The number of benzene rings is 1. The largest absolute Gasteiger partial charge is 0.379 e. The van der Waals surface area contributed by atoms with E-state index in [0.29, 0.717) is 5.92 Å². The molecule has 24 heavy (non-hydrogen) atoms. The predicted octanol–water partition coefficient (Wildman–Crippen LogP) is 2.27. The molecule has 1 aliphatic rings. The van der Waals surface area contributed by atoms with Crippen LogP contribution in [0.5, 0.6) is 0 Å². The van der Waals surface area contributed by atoms with E-state index in [1.54, 1.807) is 0 Å². The summed E-state index contributed by atoms with van der Waals surface area (Å²) in [6.45, 7) is 13.1. The van der Waals surface area contributed by atoms with Crippen LogP contribution in [-0.4, -0.2) is 56.8 Å². The highest BCUT2D eigenvalue weighted by Crippen LogP contribution is 2.11. The molecule has 1 saturated heterocycles. The van der Waals surface area contributed by atoms with Crippen LogP contribution in [0.15, 0.2) is 35.3 Å². The van der Waals surface area contributed by atoms with Crippen molar-refractivity contribution >= 4 is 5.96 Å². The summed E-state index contributed by atoms with van der Waals surface area (Å²) >= 11 is 0. The molecule has 1 fully saturated rings. The van der Waals surface area contributed by atoms with Crippen molar-refractivity contribution < 1.29 is 4.74 Å². The summed E-state index contributed by atoms with van der Waals surface area (Å²) in [5.41, 5.74) is 1.27. The first-order valence-electron chi connectivity index (χ1n) is 9.09. The van der Waals surface area contributed by atoms with Gasteiger partial charge in [-0.25, -0.2) is 0 Å². The molecule has 0 amide bonds. The molecule has 1 aliphatic heterocycles. The smallest absolute Gasteiger partial charge is 0.191 e. The van der Waals surface area contributed by atoms with Crippen LogP contribution in [0.3, 0.4) is 0 Å². The Labute approximate surface area is 146 Å². The van der Waals surface area contributed by atoms with Crippen molar-refractivity contribution in [3.8, 4) is 0 Å². The van der Waals surface area contributed by atoms with Gasteiger partial charge in [-0.05, 0) is 25.3 Å². The van der Waals surface area contributed by atoms with Gasteiger partial charge in [0.15, 0.2) is 5.96 Å². The number of nitrogens with one attached hydrogen (secondary N) is 2. The van der Waals surface area contributed by atoms with Gasteiger partial charge in [-0.2, -0.15) is 0 Å². The van der Waals surface area contributed by atoms with E-state index in [1.165, 1.54) is 5.56 Å². The molecule has 0 bridgehead atoms. The standard InChI is InChI=1S/C19H32N4O/c1-4-20-19(22-17(3)18-8-6-5-7-9-18)21-14-16(2)15-23-10-12-24-13-11-23/h5-9,16-17H,4,10-15H2,1-3H3,(H2,20,21,22). The van der Waals surface area contributed by atoms with Crippen LogP contribution in [0.1, 0.15) is 32.4 Å². The summed E-state index contributed by atoms with van der Waals surface area (Å²) < 4.78 is 5.41. The van der Waals surface area contributed by atoms with Crippen LogP contribution in [0.4, 0.5) is 0 Å². The predicted molar refractivity (Wildman–Crippen MR) is 100 cm³/mol. The van der Waals surface area contributed by atoms with Gasteiger partial charge in [0.2, 0.25) is 0 Å². The highest BCUT2D eigenvalue weighted by Gasteiger charge is 2.14. The van der Waals surface area contributed by atoms with Crippen LogP contribution >= 0.6 is 0 Å². The number of hydrogen-bond donors (Lipinski definition) is 2. The topological polar surface area (TPSA) is 48.9 Å². The second-order valence-electron chi connectivity index (χ2n) is 6.51. The van der Waals surface area contributed by atoms with Crippen LogP contribution < -0.4 is 10.6 Å². The molecule has 134 valence electrons. The van der Waals surface area contributed by atoms with Crippen LogP contribution in [0.2, 0.25) is 0 Å². The first-order chi connectivity index (χ1) is 11.7.